The maximum atomic E-state index is 13.2. The summed E-state index contributed by atoms with van der Waals surface area (Å²) in [6, 6.07) is 8.05. The predicted octanol–water partition coefficient (Wildman–Crippen LogP) is 3.36. The Morgan fingerprint density at radius 2 is 1.70 bits per heavy atom. The van der Waals surface area contributed by atoms with Crippen LogP contribution in [0.1, 0.15) is 89.8 Å². The molecule has 37 heavy (non-hydrogen) atoms. The number of fused-ring (bicyclic) bond motifs is 1. The molecule has 0 aliphatic carbocycles. The number of carbonyl (C=O) groups excluding carboxylic acids is 4. The van der Waals surface area contributed by atoms with Crippen LogP contribution in [0.2, 0.25) is 0 Å². The number of carbonyl (C=O) groups is 4. The first-order valence-electron chi connectivity index (χ1n) is 13.1. The fourth-order valence-corrected chi connectivity index (χ4v) is 4.88. The van der Waals surface area contributed by atoms with Crippen LogP contribution in [0.5, 0.6) is 0 Å². The molecule has 1 aromatic carbocycles. The number of aryl methyl sites for hydroxylation is 1. The van der Waals surface area contributed by atoms with E-state index in [4.69, 9.17) is 5.11 Å². The van der Waals surface area contributed by atoms with Crippen molar-refractivity contribution in [1.29, 1.82) is 0 Å². The molecule has 1 aromatic heterocycles. The number of pyridine rings is 1. The maximum absolute atomic E-state index is 13.2. The van der Waals surface area contributed by atoms with Gasteiger partial charge in [-0.25, -0.2) is 0 Å². The summed E-state index contributed by atoms with van der Waals surface area (Å²) in [5.41, 5.74) is 2.99. The summed E-state index contributed by atoms with van der Waals surface area (Å²) in [7, 11) is 0. The Hall–Kier alpha value is -3.59. The monoisotopic (exact) mass is 506 g/mol. The molecule has 9 heteroatoms. The smallest absolute Gasteiger partial charge is 0.264 e. The molecule has 196 valence electrons. The van der Waals surface area contributed by atoms with Crippen molar-refractivity contribution in [1.82, 2.24) is 15.2 Å². The molecule has 0 bridgehead atoms. The summed E-state index contributed by atoms with van der Waals surface area (Å²) in [5.74, 6) is -2.08. The van der Waals surface area contributed by atoms with Crippen LogP contribution in [0.15, 0.2) is 36.5 Å². The zero-order chi connectivity index (χ0) is 26.2. The number of aliphatic hydroxyl groups excluding tert-OH is 1. The second kappa shape index (κ2) is 12.6. The second-order valence-corrected chi connectivity index (χ2v) is 9.64. The third-order valence-electron chi connectivity index (χ3n) is 6.94. The van der Waals surface area contributed by atoms with Crippen LogP contribution in [0, 0.1) is 0 Å². The van der Waals surface area contributed by atoms with Crippen molar-refractivity contribution >= 4 is 29.3 Å². The molecule has 0 radical (unpaired) electrons. The number of nitrogens with one attached hydrogen (secondary N) is 2. The third-order valence-corrected chi connectivity index (χ3v) is 6.94. The Morgan fingerprint density at radius 1 is 0.946 bits per heavy atom. The van der Waals surface area contributed by atoms with Crippen LogP contribution < -0.4 is 10.6 Å². The van der Waals surface area contributed by atoms with E-state index in [0.29, 0.717) is 12.2 Å². The fourth-order valence-electron chi connectivity index (χ4n) is 4.88. The molecular formula is C28H34N4O5. The molecule has 1 atom stereocenters. The molecular weight excluding hydrogens is 472 g/mol. The van der Waals surface area contributed by atoms with Crippen LogP contribution >= 0.6 is 0 Å². The van der Waals surface area contributed by atoms with Gasteiger partial charge in [0.25, 0.3) is 11.8 Å². The van der Waals surface area contributed by atoms with Gasteiger partial charge in [0.15, 0.2) is 0 Å². The van der Waals surface area contributed by atoms with Crippen LogP contribution in [0.25, 0.3) is 0 Å². The number of unbranched alkanes of at least 4 members (excludes halogenated alkanes) is 6. The van der Waals surface area contributed by atoms with Crippen LogP contribution in [-0.4, -0.2) is 51.3 Å². The molecule has 1 saturated heterocycles. The van der Waals surface area contributed by atoms with E-state index < -0.39 is 29.7 Å². The quantitative estimate of drug-likeness (QED) is 0.281. The van der Waals surface area contributed by atoms with E-state index in [0.717, 1.165) is 36.3 Å². The van der Waals surface area contributed by atoms with Gasteiger partial charge in [0.05, 0.1) is 23.4 Å². The van der Waals surface area contributed by atoms with Crippen molar-refractivity contribution in [3.8, 4) is 0 Å². The molecule has 0 spiro atoms. The van der Waals surface area contributed by atoms with E-state index in [-0.39, 0.29) is 30.6 Å². The summed E-state index contributed by atoms with van der Waals surface area (Å²) in [6.45, 7) is 0.664. The maximum Gasteiger partial charge on any atom is 0.264 e. The molecule has 4 amide bonds. The molecule has 0 saturated carbocycles. The Morgan fingerprint density at radius 3 is 2.41 bits per heavy atom. The first-order valence-corrected chi connectivity index (χ1v) is 13.1. The van der Waals surface area contributed by atoms with Crippen molar-refractivity contribution in [2.45, 2.75) is 76.8 Å². The fraction of sp³-hybridized carbons (Fsp3) is 0.464. The molecule has 9 nitrogen and oxygen atoms in total. The van der Waals surface area contributed by atoms with Crippen molar-refractivity contribution in [2.24, 2.45) is 0 Å². The van der Waals surface area contributed by atoms with Crippen molar-refractivity contribution in [3.63, 3.8) is 0 Å². The number of nitrogens with zero attached hydrogens (tertiary/aromatic N) is 2. The van der Waals surface area contributed by atoms with Crippen LogP contribution in [-0.2, 0) is 22.6 Å². The lowest BCUT2D eigenvalue weighted by molar-refractivity contribution is -0.136. The normalized spacial score (nSPS) is 17.2. The summed E-state index contributed by atoms with van der Waals surface area (Å²) in [6.07, 6.45) is 11.0. The minimum absolute atomic E-state index is 0.0853. The number of piperidine rings is 1. The number of benzene rings is 1. The number of anilines is 1. The number of hydrogen-bond acceptors (Lipinski definition) is 7. The standard InChI is InChI=1S/C28H34N4O5/c33-16-7-5-3-1-2-4-6-9-19-12-13-20(29-17-19)18-30-22-11-8-10-21-25(22)28(37)32(27(21)36)23-14-15-24(34)31-26(23)35/h8,10-13,17,23,30,33H,1-7,9,14-16,18H2,(H,31,34,35). The number of amides is 4. The number of hydrogen-bond donors (Lipinski definition) is 3. The molecule has 4 rings (SSSR count). The van der Waals surface area contributed by atoms with E-state index in [1.54, 1.807) is 18.2 Å². The summed E-state index contributed by atoms with van der Waals surface area (Å²) in [4.78, 5) is 55.5. The number of aliphatic hydroxyl groups is 1. The van der Waals surface area contributed by atoms with Crippen LogP contribution in [0.3, 0.4) is 0 Å². The lowest BCUT2D eigenvalue weighted by Gasteiger charge is -2.27. The zero-order valence-corrected chi connectivity index (χ0v) is 21.0. The van der Waals surface area contributed by atoms with Gasteiger partial charge in [0, 0.05) is 24.9 Å². The van der Waals surface area contributed by atoms with Gasteiger partial charge >= 0.3 is 0 Å². The Kier molecular flexibility index (Phi) is 9.00. The number of imide groups is 2. The molecule has 2 aliphatic rings. The average Bonchev–Trinajstić information content (AvgIpc) is 3.15. The SMILES string of the molecule is O=C1CCC(N2C(=O)c3cccc(NCc4ccc(CCCCCCCCCO)cn4)c3C2=O)C(=O)N1. The van der Waals surface area contributed by atoms with E-state index in [1.165, 1.54) is 31.2 Å². The summed E-state index contributed by atoms with van der Waals surface area (Å²) < 4.78 is 0. The van der Waals surface area contributed by atoms with E-state index in [1.807, 2.05) is 12.3 Å². The minimum Gasteiger partial charge on any atom is -0.396 e. The number of rotatable bonds is 13. The zero-order valence-electron chi connectivity index (χ0n) is 21.0. The van der Waals surface area contributed by atoms with Crippen LogP contribution in [0.4, 0.5) is 5.69 Å². The molecule has 3 N–H and O–H groups in total. The van der Waals surface area contributed by atoms with E-state index in [9.17, 15) is 19.2 Å². The number of aromatic nitrogens is 1. The van der Waals surface area contributed by atoms with Gasteiger partial charge in [0.2, 0.25) is 11.8 Å². The van der Waals surface area contributed by atoms with Gasteiger partial charge in [-0.05, 0) is 49.4 Å². The van der Waals surface area contributed by atoms with Crippen molar-refractivity contribution in [3.05, 3.63) is 58.9 Å². The predicted molar refractivity (Wildman–Crippen MR) is 138 cm³/mol. The molecule has 2 aromatic rings. The van der Waals surface area contributed by atoms with Gasteiger partial charge in [-0.15, -0.1) is 0 Å². The largest absolute Gasteiger partial charge is 0.396 e. The topological polar surface area (TPSA) is 129 Å². The Balaban J connectivity index is 1.30. The van der Waals surface area contributed by atoms with Gasteiger partial charge < -0.3 is 10.4 Å². The summed E-state index contributed by atoms with van der Waals surface area (Å²) in [5, 5.41) is 14.2. The van der Waals surface area contributed by atoms with E-state index >= 15 is 0 Å². The first kappa shape index (κ1) is 26.5. The molecule has 3 heterocycles. The average molecular weight is 507 g/mol. The highest BCUT2D eigenvalue weighted by Gasteiger charge is 2.45. The van der Waals surface area contributed by atoms with E-state index in [2.05, 4.69) is 21.7 Å². The highest BCUT2D eigenvalue weighted by atomic mass is 16.3. The summed E-state index contributed by atoms with van der Waals surface area (Å²) >= 11 is 0. The third kappa shape index (κ3) is 6.40. The molecule has 2 aliphatic heterocycles. The second-order valence-electron chi connectivity index (χ2n) is 9.64. The van der Waals surface area contributed by atoms with Gasteiger partial charge in [-0.2, -0.15) is 0 Å². The first-order chi connectivity index (χ1) is 18.0. The molecule has 1 unspecified atom stereocenters. The van der Waals surface area contributed by atoms with Gasteiger partial charge in [-0.3, -0.25) is 34.4 Å². The van der Waals surface area contributed by atoms with Crippen molar-refractivity contribution in [2.75, 3.05) is 11.9 Å². The lowest BCUT2D eigenvalue weighted by atomic mass is 10.0. The highest BCUT2D eigenvalue weighted by Crippen LogP contribution is 2.32. The Bertz CT molecular complexity index is 1150. The van der Waals surface area contributed by atoms with Gasteiger partial charge in [-0.1, -0.05) is 44.2 Å². The lowest BCUT2D eigenvalue weighted by Crippen LogP contribution is -2.54. The van der Waals surface area contributed by atoms with Gasteiger partial charge in [0.1, 0.15) is 6.04 Å². The minimum atomic E-state index is -0.988. The molecule has 1 fully saturated rings. The Labute approximate surface area is 216 Å². The highest BCUT2D eigenvalue weighted by molar-refractivity contribution is 6.25. The van der Waals surface area contributed by atoms with Crippen molar-refractivity contribution < 1.29 is 24.3 Å².